The summed E-state index contributed by atoms with van der Waals surface area (Å²) in [5.74, 6) is -0.305. The van der Waals surface area contributed by atoms with Crippen molar-refractivity contribution < 1.29 is 4.79 Å². The van der Waals surface area contributed by atoms with Crippen LogP contribution in [0.1, 0.15) is 21.7 Å². The molecular weight excluding hydrogens is 328 g/mol. The lowest BCUT2D eigenvalue weighted by Gasteiger charge is -2.02. The second-order valence-electron chi connectivity index (χ2n) is 5.16. The van der Waals surface area contributed by atoms with Crippen LogP contribution in [0.4, 0.5) is 5.69 Å². The molecule has 0 saturated carbocycles. The Balaban J connectivity index is 1.52. The van der Waals surface area contributed by atoms with E-state index in [1.807, 2.05) is 30.3 Å². The largest absolute Gasteiger partial charge is 0.278 e. The molecule has 3 aromatic rings. The molecule has 0 atom stereocenters. The van der Waals surface area contributed by atoms with Crippen molar-refractivity contribution in [1.29, 1.82) is 0 Å². The number of carbonyl (C=O) groups is 1. The van der Waals surface area contributed by atoms with Crippen molar-refractivity contribution in [3.8, 4) is 0 Å². The molecule has 0 bridgehead atoms. The monoisotopic (exact) mass is 344 g/mol. The summed E-state index contributed by atoms with van der Waals surface area (Å²) in [6.45, 7) is 0. The van der Waals surface area contributed by atoms with Crippen molar-refractivity contribution in [2.75, 3.05) is 5.43 Å². The van der Waals surface area contributed by atoms with E-state index >= 15 is 0 Å². The second-order valence-corrected chi connectivity index (χ2v) is 5.16. The number of pyridine rings is 2. The van der Waals surface area contributed by atoms with Gasteiger partial charge in [0, 0.05) is 18.0 Å². The number of hydrogen-bond acceptors (Lipinski definition) is 6. The summed E-state index contributed by atoms with van der Waals surface area (Å²) in [6, 6.07) is 17.9. The number of hydrogen-bond donors (Lipinski definition) is 2. The fourth-order valence-electron chi connectivity index (χ4n) is 2.00. The van der Waals surface area contributed by atoms with Crippen LogP contribution in [0.15, 0.2) is 83.3 Å². The highest BCUT2D eigenvalue weighted by Crippen LogP contribution is 2.09. The van der Waals surface area contributed by atoms with E-state index in [0.29, 0.717) is 11.3 Å². The minimum absolute atomic E-state index is 0.305. The van der Waals surface area contributed by atoms with Crippen LogP contribution in [0.2, 0.25) is 0 Å². The molecule has 0 aliphatic carbocycles. The van der Waals surface area contributed by atoms with Gasteiger partial charge in [-0.1, -0.05) is 12.1 Å². The third-order valence-electron chi connectivity index (χ3n) is 3.28. The molecule has 0 saturated heterocycles. The highest BCUT2D eigenvalue weighted by atomic mass is 16.2. The number of hydrazone groups is 2. The summed E-state index contributed by atoms with van der Waals surface area (Å²) in [7, 11) is 0. The molecule has 1 amide bonds. The Morgan fingerprint density at radius 3 is 2.00 bits per heavy atom. The van der Waals surface area contributed by atoms with Gasteiger partial charge >= 0.3 is 0 Å². The zero-order valence-electron chi connectivity index (χ0n) is 13.8. The van der Waals surface area contributed by atoms with E-state index in [2.05, 4.69) is 31.0 Å². The van der Waals surface area contributed by atoms with Crippen molar-refractivity contribution in [3.63, 3.8) is 0 Å². The Hall–Kier alpha value is -3.87. The first-order valence-electron chi connectivity index (χ1n) is 7.86. The molecule has 0 fully saturated rings. The highest BCUT2D eigenvalue weighted by Gasteiger charge is 2.03. The zero-order valence-corrected chi connectivity index (χ0v) is 13.8. The molecular formula is C19H16N6O. The predicted molar refractivity (Wildman–Crippen MR) is 101 cm³/mol. The van der Waals surface area contributed by atoms with Gasteiger partial charge in [0.15, 0.2) is 0 Å². The van der Waals surface area contributed by atoms with Gasteiger partial charge < -0.3 is 0 Å². The molecule has 0 radical (unpaired) electrons. The number of rotatable bonds is 6. The van der Waals surface area contributed by atoms with E-state index in [0.717, 1.165) is 11.4 Å². The number of anilines is 1. The number of nitrogens with zero attached hydrogens (tertiary/aromatic N) is 4. The van der Waals surface area contributed by atoms with Crippen LogP contribution in [0.25, 0.3) is 0 Å². The number of amides is 1. The lowest BCUT2D eigenvalue weighted by molar-refractivity contribution is 0.0955. The molecule has 0 aliphatic rings. The molecule has 1 aromatic carbocycles. The minimum atomic E-state index is -0.305. The third-order valence-corrected chi connectivity index (χ3v) is 3.28. The van der Waals surface area contributed by atoms with Crippen molar-refractivity contribution in [2.24, 2.45) is 10.2 Å². The van der Waals surface area contributed by atoms with Gasteiger partial charge in [0.2, 0.25) is 0 Å². The molecule has 0 aliphatic heterocycles. The molecule has 2 N–H and O–H groups in total. The predicted octanol–water partition coefficient (Wildman–Crippen LogP) is 2.69. The van der Waals surface area contributed by atoms with Crippen LogP contribution >= 0.6 is 0 Å². The quantitative estimate of drug-likeness (QED) is 0.531. The lowest BCUT2D eigenvalue weighted by atomic mass is 10.2. The van der Waals surface area contributed by atoms with Crippen LogP contribution in [0.3, 0.4) is 0 Å². The van der Waals surface area contributed by atoms with Crippen LogP contribution in [-0.2, 0) is 0 Å². The molecule has 2 heterocycles. The molecule has 2 aromatic heterocycles. The second kappa shape index (κ2) is 8.84. The Bertz CT molecular complexity index is 892. The first-order valence-corrected chi connectivity index (χ1v) is 7.86. The van der Waals surface area contributed by atoms with E-state index in [-0.39, 0.29) is 5.91 Å². The normalized spacial score (nSPS) is 10.9. The molecule has 128 valence electrons. The van der Waals surface area contributed by atoms with E-state index < -0.39 is 0 Å². The Labute approximate surface area is 150 Å². The topological polar surface area (TPSA) is 91.6 Å². The van der Waals surface area contributed by atoms with Gasteiger partial charge in [-0.25, -0.2) is 5.43 Å². The van der Waals surface area contributed by atoms with Crippen molar-refractivity contribution in [1.82, 2.24) is 15.4 Å². The van der Waals surface area contributed by atoms with E-state index in [9.17, 15) is 4.79 Å². The number of carbonyl (C=O) groups excluding carboxylic acids is 1. The van der Waals surface area contributed by atoms with Crippen molar-refractivity contribution in [3.05, 3.63) is 90.0 Å². The Morgan fingerprint density at radius 2 is 1.42 bits per heavy atom. The fourth-order valence-corrected chi connectivity index (χ4v) is 2.00. The first kappa shape index (κ1) is 17.0. The SMILES string of the molecule is O=C(N/N=C/c1ccccn1)c1ccc(N/N=C/c2ccccn2)cc1. The maximum atomic E-state index is 12.0. The number of aromatic nitrogens is 2. The van der Waals surface area contributed by atoms with Gasteiger partial charge in [-0.3, -0.25) is 20.2 Å². The maximum Gasteiger partial charge on any atom is 0.271 e. The summed E-state index contributed by atoms with van der Waals surface area (Å²) in [6.07, 6.45) is 6.46. The lowest BCUT2D eigenvalue weighted by Crippen LogP contribution is -2.17. The molecule has 3 rings (SSSR count). The van der Waals surface area contributed by atoms with Crippen LogP contribution in [-0.4, -0.2) is 28.3 Å². The van der Waals surface area contributed by atoms with Gasteiger partial charge in [-0.05, 0) is 48.5 Å². The van der Waals surface area contributed by atoms with Crippen LogP contribution in [0, 0.1) is 0 Å². The van der Waals surface area contributed by atoms with Gasteiger partial charge in [0.25, 0.3) is 5.91 Å². The molecule has 26 heavy (non-hydrogen) atoms. The molecule has 0 spiro atoms. The molecule has 0 unspecified atom stereocenters. The average molecular weight is 344 g/mol. The van der Waals surface area contributed by atoms with Crippen LogP contribution in [0.5, 0.6) is 0 Å². The summed E-state index contributed by atoms with van der Waals surface area (Å²) in [5, 5.41) is 7.99. The Kier molecular flexibility index (Phi) is 5.77. The summed E-state index contributed by atoms with van der Waals surface area (Å²) in [5.41, 5.74) is 8.01. The summed E-state index contributed by atoms with van der Waals surface area (Å²) < 4.78 is 0. The third kappa shape index (κ3) is 5.07. The standard InChI is InChI=1S/C19H16N6O/c26-19(25-23-14-18-6-2-4-12-21-18)15-7-9-16(10-8-15)24-22-13-17-5-1-3-11-20-17/h1-14,24H,(H,25,26)/b22-13+,23-14+. The van der Waals surface area contributed by atoms with Gasteiger partial charge in [-0.15, -0.1) is 0 Å². The number of benzene rings is 1. The molecule has 7 heteroatoms. The smallest absolute Gasteiger partial charge is 0.271 e. The van der Waals surface area contributed by atoms with Gasteiger partial charge in [0.1, 0.15) is 0 Å². The van der Waals surface area contributed by atoms with Crippen molar-refractivity contribution >= 4 is 24.0 Å². The fraction of sp³-hybridized carbons (Fsp3) is 0. The average Bonchev–Trinajstić information content (AvgIpc) is 2.70. The van der Waals surface area contributed by atoms with E-state index in [1.54, 1.807) is 48.9 Å². The minimum Gasteiger partial charge on any atom is -0.278 e. The number of nitrogens with one attached hydrogen (secondary N) is 2. The van der Waals surface area contributed by atoms with Gasteiger partial charge in [0.05, 0.1) is 29.5 Å². The van der Waals surface area contributed by atoms with Crippen molar-refractivity contribution in [2.45, 2.75) is 0 Å². The first-order chi connectivity index (χ1) is 12.8. The summed E-state index contributed by atoms with van der Waals surface area (Å²) >= 11 is 0. The highest BCUT2D eigenvalue weighted by molar-refractivity contribution is 5.95. The van der Waals surface area contributed by atoms with Gasteiger partial charge in [-0.2, -0.15) is 10.2 Å². The van der Waals surface area contributed by atoms with E-state index in [4.69, 9.17) is 0 Å². The van der Waals surface area contributed by atoms with E-state index in [1.165, 1.54) is 6.21 Å². The Morgan fingerprint density at radius 1 is 0.808 bits per heavy atom. The summed E-state index contributed by atoms with van der Waals surface area (Å²) in [4.78, 5) is 20.3. The van der Waals surface area contributed by atoms with Crippen LogP contribution < -0.4 is 10.9 Å². The maximum absolute atomic E-state index is 12.0. The molecule has 7 nitrogen and oxygen atoms in total. The zero-order chi connectivity index (χ0) is 18.0.